The number of fused-ring (bicyclic) bond motifs is 1. The number of H-pyrrole nitrogens is 1. The number of aromatic nitrogens is 2. The summed E-state index contributed by atoms with van der Waals surface area (Å²) < 4.78 is 0. The van der Waals surface area contributed by atoms with Gasteiger partial charge in [0.15, 0.2) is 0 Å². The second-order valence-corrected chi connectivity index (χ2v) is 5.53. The average Bonchev–Trinajstić information content (AvgIpc) is 2.99. The van der Waals surface area contributed by atoms with Crippen LogP contribution in [0.4, 0.5) is 0 Å². The molecule has 0 unspecified atom stereocenters. The topological polar surface area (TPSA) is 83.8 Å². The number of aromatic amines is 1. The van der Waals surface area contributed by atoms with Gasteiger partial charge in [-0.1, -0.05) is 31.2 Å². The van der Waals surface area contributed by atoms with E-state index in [1.807, 2.05) is 18.2 Å². The largest absolute Gasteiger partial charge is 0.366 e. The van der Waals surface area contributed by atoms with E-state index in [0.717, 1.165) is 36.4 Å². The zero-order valence-corrected chi connectivity index (χ0v) is 13.1. The molecule has 4 N–H and O–H groups in total. The van der Waals surface area contributed by atoms with Gasteiger partial charge in [0.2, 0.25) is 0 Å². The highest BCUT2D eigenvalue weighted by atomic mass is 16.1. The molecule has 1 heterocycles. The number of amides is 1. The lowest BCUT2D eigenvalue weighted by molar-refractivity contribution is 0.100. The third kappa shape index (κ3) is 3.24. The molecule has 0 saturated carbocycles. The summed E-state index contributed by atoms with van der Waals surface area (Å²) in [4.78, 5) is 19.3. The molecule has 0 spiro atoms. The van der Waals surface area contributed by atoms with Crippen molar-refractivity contribution in [3.8, 4) is 11.4 Å². The van der Waals surface area contributed by atoms with Gasteiger partial charge in [0.1, 0.15) is 11.3 Å². The van der Waals surface area contributed by atoms with E-state index in [-0.39, 0.29) is 0 Å². The molecule has 0 aliphatic carbocycles. The van der Waals surface area contributed by atoms with Crippen molar-refractivity contribution in [2.75, 3.05) is 6.54 Å². The Bertz CT molecular complexity index is 838. The highest BCUT2D eigenvalue weighted by Gasteiger charge is 2.12. The van der Waals surface area contributed by atoms with Gasteiger partial charge in [-0.3, -0.25) is 4.79 Å². The molecule has 0 atom stereocenters. The zero-order valence-electron chi connectivity index (χ0n) is 13.1. The number of nitrogens with one attached hydrogen (secondary N) is 2. The highest BCUT2D eigenvalue weighted by molar-refractivity contribution is 6.04. The van der Waals surface area contributed by atoms with Crippen molar-refractivity contribution in [3.05, 3.63) is 53.6 Å². The van der Waals surface area contributed by atoms with E-state index in [4.69, 9.17) is 5.73 Å². The van der Waals surface area contributed by atoms with E-state index in [1.165, 1.54) is 5.56 Å². The van der Waals surface area contributed by atoms with E-state index in [2.05, 4.69) is 34.3 Å². The number of imidazole rings is 1. The summed E-state index contributed by atoms with van der Waals surface area (Å²) in [6.07, 6.45) is 1.11. The fraction of sp³-hybridized carbons (Fsp3) is 0.222. The molecular formula is C18H20N4O. The first-order valence-corrected chi connectivity index (χ1v) is 7.77. The van der Waals surface area contributed by atoms with Crippen LogP contribution in [0.3, 0.4) is 0 Å². The van der Waals surface area contributed by atoms with Gasteiger partial charge in [-0.25, -0.2) is 4.98 Å². The number of carbonyl (C=O) groups is 1. The minimum Gasteiger partial charge on any atom is -0.366 e. The molecule has 0 fully saturated rings. The van der Waals surface area contributed by atoms with E-state index in [9.17, 15) is 4.79 Å². The van der Waals surface area contributed by atoms with Gasteiger partial charge in [0.25, 0.3) is 5.91 Å². The summed E-state index contributed by atoms with van der Waals surface area (Å²) in [5.41, 5.74) is 9.47. The van der Waals surface area contributed by atoms with Gasteiger partial charge in [-0.2, -0.15) is 0 Å². The summed E-state index contributed by atoms with van der Waals surface area (Å²) in [5, 5.41) is 3.39. The van der Waals surface area contributed by atoms with Crippen molar-refractivity contribution in [1.29, 1.82) is 0 Å². The van der Waals surface area contributed by atoms with Crippen molar-refractivity contribution in [2.45, 2.75) is 19.9 Å². The summed E-state index contributed by atoms with van der Waals surface area (Å²) in [7, 11) is 0. The number of hydrogen-bond donors (Lipinski definition) is 3. The lowest BCUT2D eigenvalue weighted by atomic mass is 10.1. The van der Waals surface area contributed by atoms with Crippen molar-refractivity contribution in [3.63, 3.8) is 0 Å². The number of nitrogens with zero attached hydrogens (tertiary/aromatic N) is 1. The van der Waals surface area contributed by atoms with Crippen LogP contribution in [0.25, 0.3) is 22.4 Å². The molecule has 1 amide bonds. The Labute approximate surface area is 134 Å². The van der Waals surface area contributed by atoms with Gasteiger partial charge in [0, 0.05) is 12.1 Å². The molecule has 0 saturated heterocycles. The van der Waals surface area contributed by atoms with Gasteiger partial charge in [-0.05, 0) is 36.7 Å². The number of benzene rings is 2. The first-order chi connectivity index (χ1) is 11.2. The molecule has 0 aliphatic rings. The second-order valence-electron chi connectivity index (χ2n) is 5.53. The van der Waals surface area contributed by atoms with Crippen molar-refractivity contribution in [1.82, 2.24) is 15.3 Å². The van der Waals surface area contributed by atoms with Crippen LogP contribution in [0.15, 0.2) is 42.5 Å². The first-order valence-electron chi connectivity index (χ1n) is 7.77. The standard InChI is InChI=1S/C18H20N4O/c1-2-9-20-11-12-5-3-6-13(10-12)18-21-15-8-4-7-14(17(19)23)16(15)22-18/h3-8,10,20H,2,9,11H2,1H3,(H2,19,23)(H,21,22). The fourth-order valence-corrected chi connectivity index (χ4v) is 2.61. The smallest absolute Gasteiger partial charge is 0.250 e. The molecule has 5 nitrogen and oxygen atoms in total. The van der Waals surface area contributed by atoms with Crippen LogP contribution in [0, 0.1) is 0 Å². The molecule has 2 aromatic carbocycles. The monoisotopic (exact) mass is 308 g/mol. The predicted octanol–water partition coefficient (Wildman–Crippen LogP) is 2.83. The first kappa shape index (κ1) is 15.2. The molecule has 0 bridgehead atoms. The van der Waals surface area contributed by atoms with Crippen LogP contribution in [0.2, 0.25) is 0 Å². The van der Waals surface area contributed by atoms with Crippen LogP contribution in [0.5, 0.6) is 0 Å². The van der Waals surface area contributed by atoms with Crippen LogP contribution in [-0.2, 0) is 6.54 Å². The lowest BCUT2D eigenvalue weighted by Crippen LogP contribution is -2.13. The highest BCUT2D eigenvalue weighted by Crippen LogP contribution is 2.23. The SMILES string of the molecule is CCCNCc1cccc(-c2nc3c(C(N)=O)cccc3[nH]2)c1. The van der Waals surface area contributed by atoms with Gasteiger partial charge >= 0.3 is 0 Å². The average molecular weight is 308 g/mol. The van der Waals surface area contributed by atoms with E-state index in [1.54, 1.807) is 12.1 Å². The Balaban J connectivity index is 1.95. The van der Waals surface area contributed by atoms with Crippen LogP contribution in [0.1, 0.15) is 29.3 Å². The number of rotatable bonds is 6. The Morgan fingerprint density at radius 3 is 2.87 bits per heavy atom. The number of carbonyl (C=O) groups excluding carboxylic acids is 1. The van der Waals surface area contributed by atoms with Crippen molar-refractivity contribution >= 4 is 16.9 Å². The maximum Gasteiger partial charge on any atom is 0.250 e. The van der Waals surface area contributed by atoms with Crippen LogP contribution in [-0.4, -0.2) is 22.4 Å². The Morgan fingerprint density at radius 2 is 2.09 bits per heavy atom. The van der Waals surface area contributed by atoms with Crippen LogP contribution < -0.4 is 11.1 Å². The number of primary amides is 1. The molecule has 118 valence electrons. The number of nitrogens with two attached hydrogens (primary N) is 1. The molecule has 23 heavy (non-hydrogen) atoms. The molecule has 0 radical (unpaired) electrons. The zero-order chi connectivity index (χ0) is 16.2. The second kappa shape index (κ2) is 6.62. The molecule has 3 aromatic rings. The molecule has 0 aliphatic heterocycles. The molecule has 1 aromatic heterocycles. The Morgan fingerprint density at radius 1 is 1.26 bits per heavy atom. The van der Waals surface area contributed by atoms with Gasteiger partial charge in [-0.15, -0.1) is 0 Å². The number of hydrogen-bond acceptors (Lipinski definition) is 3. The minimum atomic E-state index is -0.467. The minimum absolute atomic E-state index is 0.436. The number of para-hydroxylation sites is 1. The van der Waals surface area contributed by atoms with Crippen molar-refractivity contribution < 1.29 is 4.79 Å². The molecule has 5 heteroatoms. The summed E-state index contributed by atoms with van der Waals surface area (Å²) in [6, 6.07) is 13.6. The quantitative estimate of drug-likeness (QED) is 0.612. The third-order valence-corrected chi connectivity index (χ3v) is 3.73. The van der Waals surface area contributed by atoms with E-state index < -0.39 is 5.91 Å². The molecular weight excluding hydrogens is 288 g/mol. The van der Waals surface area contributed by atoms with Gasteiger partial charge in [0.05, 0.1) is 11.1 Å². The Kier molecular flexibility index (Phi) is 4.39. The normalized spacial score (nSPS) is 11.0. The summed E-state index contributed by atoms with van der Waals surface area (Å²) >= 11 is 0. The summed E-state index contributed by atoms with van der Waals surface area (Å²) in [6.45, 7) is 3.97. The van der Waals surface area contributed by atoms with Crippen LogP contribution >= 0.6 is 0 Å². The van der Waals surface area contributed by atoms with Crippen molar-refractivity contribution in [2.24, 2.45) is 5.73 Å². The third-order valence-electron chi connectivity index (χ3n) is 3.73. The summed E-state index contributed by atoms with van der Waals surface area (Å²) in [5.74, 6) is 0.275. The maximum absolute atomic E-state index is 11.5. The Hall–Kier alpha value is -2.66. The predicted molar refractivity (Wildman–Crippen MR) is 92.0 cm³/mol. The van der Waals surface area contributed by atoms with E-state index in [0.29, 0.717) is 11.1 Å². The fourth-order valence-electron chi connectivity index (χ4n) is 2.61. The van der Waals surface area contributed by atoms with E-state index >= 15 is 0 Å². The lowest BCUT2D eigenvalue weighted by Gasteiger charge is -2.05. The molecule has 3 rings (SSSR count). The maximum atomic E-state index is 11.5. The van der Waals surface area contributed by atoms with Gasteiger partial charge < -0.3 is 16.0 Å².